The fourth-order valence-electron chi connectivity index (χ4n) is 11.1. The predicted molar refractivity (Wildman–Crippen MR) is 280 cm³/mol. The molecule has 0 saturated heterocycles. The highest BCUT2D eigenvalue weighted by molar-refractivity contribution is 6.10. The van der Waals surface area contributed by atoms with Gasteiger partial charge in [0.05, 0.1) is 16.8 Å². The average molecular weight is 854 g/mol. The van der Waals surface area contributed by atoms with E-state index in [2.05, 4.69) is 260 Å². The highest BCUT2D eigenvalue weighted by Crippen LogP contribution is 2.58. The SMILES string of the molecule is c1ccc(-c2cccc3cccc(-c4ccccc4N(c4ccc5c(c4)C(c4ccccc4)(c4ccccc4)c4ccccc4-5)c4ccccc4-c4ccc5oc6ccccc6c5c4)c23)cc1. The van der Waals surface area contributed by atoms with E-state index in [-0.39, 0.29) is 0 Å². The molecule has 1 aromatic heterocycles. The number of hydrogen-bond acceptors (Lipinski definition) is 2. The Bertz CT molecular complexity index is 3770. The summed E-state index contributed by atoms with van der Waals surface area (Å²) < 4.78 is 6.35. The van der Waals surface area contributed by atoms with Crippen LogP contribution in [0.4, 0.5) is 17.1 Å². The van der Waals surface area contributed by atoms with Gasteiger partial charge in [-0.1, -0.05) is 218 Å². The molecule has 12 aromatic rings. The quantitative estimate of drug-likeness (QED) is 0.151. The molecule has 1 heterocycles. The Morgan fingerprint density at radius 2 is 0.866 bits per heavy atom. The van der Waals surface area contributed by atoms with Gasteiger partial charge in [-0.3, -0.25) is 0 Å². The Labute approximate surface area is 390 Å². The van der Waals surface area contributed by atoms with Crippen molar-refractivity contribution in [1.82, 2.24) is 0 Å². The van der Waals surface area contributed by atoms with Crippen molar-refractivity contribution in [3.8, 4) is 44.5 Å². The van der Waals surface area contributed by atoms with Crippen LogP contribution in [0.1, 0.15) is 22.3 Å². The van der Waals surface area contributed by atoms with Crippen LogP contribution in [0.15, 0.2) is 265 Å². The smallest absolute Gasteiger partial charge is 0.135 e. The first-order valence-corrected chi connectivity index (χ1v) is 23.1. The third-order valence-corrected chi connectivity index (χ3v) is 14.0. The molecule has 0 aliphatic heterocycles. The van der Waals surface area contributed by atoms with E-state index < -0.39 is 5.41 Å². The van der Waals surface area contributed by atoms with Crippen LogP contribution in [-0.4, -0.2) is 0 Å². The summed E-state index contributed by atoms with van der Waals surface area (Å²) in [7, 11) is 0. The minimum atomic E-state index is -0.567. The van der Waals surface area contributed by atoms with E-state index in [0.717, 1.165) is 55.7 Å². The van der Waals surface area contributed by atoms with Crippen LogP contribution >= 0.6 is 0 Å². The summed E-state index contributed by atoms with van der Waals surface area (Å²) in [5.74, 6) is 0. The topological polar surface area (TPSA) is 16.4 Å². The van der Waals surface area contributed by atoms with Gasteiger partial charge in [0.25, 0.3) is 0 Å². The van der Waals surface area contributed by atoms with Gasteiger partial charge in [0, 0.05) is 27.6 Å². The van der Waals surface area contributed by atoms with E-state index in [1.807, 2.05) is 6.07 Å². The van der Waals surface area contributed by atoms with E-state index in [0.29, 0.717) is 0 Å². The maximum atomic E-state index is 6.35. The second-order valence-electron chi connectivity index (χ2n) is 17.5. The molecular weight excluding hydrogens is 811 g/mol. The maximum absolute atomic E-state index is 6.35. The summed E-state index contributed by atoms with van der Waals surface area (Å²) in [5.41, 5.74) is 18.9. The van der Waals surface area contributed by atoms with Crippen molar-refractivity contribution >= 4 is 49.8 Å². The van der Waals surface area contributed by atoms with Gasteiger partial charge in [0.15, 0.2) is 0 Å². The number of benzene rings is 11. The average Bonchev–Trinajstić information content (AvgIpc) is 3.93. The van der Waals surface area contributed by atoms with Crippen molar-refractivity contribution in [2.24, 2.45) is 0 Å². The van der Waals surface area contributed by atoms with Crippen molar-refractivity contribution in [3.05, 3.63) is 283 Å². The van der Waals surface area contributed by atoms with Gasteiger partial charge >= 0.3 is 0 Å². The standard InChI is InChI=1S/C65H43NO/c1-4-20-44(21-5-1)51-32-18-22-45-23-19-33-56(64(45)51)54-30-12-16-36-61(54)66(60-35-15-11-28-50(60)46-38-41-63-57(42-46)55-31-13-17-37-62(55)67-63)49-39-40-53-52-29-10-14-34-58(52)65(59(53)43-49,47-24-6-2-7-25-47)48-26-8-3-9-27-48/h1-43H. The van der Waals surface area contributed by atoms with Crippen LogP contribution in [-0.2, 0) is 5.41 Å². The molecule has 0 atom stereocenters. The van der Waals surface area contributed by atoms with E-state index in [4.69, 9.17) is 4.42 Å². The molecule has 0 amide bonds. The summed E-state index contributed by atoms with van der Waals surface area (Å²) >= 11 is 0. The lowest BCUT2D eigenvalue weighted by atomic mass is 9.67. The molecule has 0 fully saturated rings. The minimum Gasteiger partial charge on any atom is -0.456 e. The molecule has 1 aliphatic rings. The molecule has 2 nitrogen and oxygen atoms in total. The maximum Gasteiger partial charge on any atom is 0.135 e. The summed E-state index contributed by atoms with van der Waals surface area (Å²) in [6.45, 7) is 0. The summed E-state index contributed by atoms with van der Waals surface area (Å²) in [5, 5.41) is 4.64. The highest BCUT2D eigenvalue weighted by atomic mass is 16.3. The fraction of sp³-hybridized carbons (Fsp3) is 0.0154. The van der Waals surface area contributed by atoms with Gasteiger partial charge in [-0.05, 0) is 109 Å². The minimum absolute atomic E-state index is 0.567. The highest BCUT2D eigenvalue weighted by Gasteiger charge is 2.46. The Hall–Kier alpha value is -8.72. The number of anilines is 3. The zero-order valence-corrected chi connectivity index (χ0v) is 36.7. The monoisotopic (exact) mass is 853 g/mol. The molecule has 1 aliphatic carbocycles. The van der Waals surface area contributed by atoms with E-state index in [9.17, 15) is 0 Å². The third kappa shape index (κ3) is 6.11. The Kier molecular flexibility index (Phi) is 9.11. The van der Waals surface area contributed by atoms with Gasteiger partial charge in [-0.25, -0.2) is 0 Å². The molecule has 314 valence electrons. The molecule has 0 bridgehead atoms. The van der Waals surface area contributed by atoms with Crippen LogP contribution < -0.4 is 4.90 Å². The normalized spacial score (nSPS) is 12.6. The lowest BCUT2D eigenvalue weighted by Crippen LogP contribution is -2.28. The molecule has 67 heavy (non-hydrogen) atoms. The van der Waals surface area contributed by atoms with Crippen LogP contribution in [0, 0.1) is 0 Å². The van der Waals surface area contributed by atoms with Crippen molar-refractivity contribution in [3.63, 3.8) is 0 Å². The predicted octanol–water partition coefficient (Wildman–Crippen LogP) is 17.6. The van der Waals surface area contributed by atoms with Gasteiger partial charge in [-0.2, -0.15) is 0 Å². The second kappa shape index (κ2) is 15.8. The third-order valence-electron chi connectivity index (χ3n) is 14.0. The summed E-state index contributed by atoms with van der Waals surface area (Å²) in [6.07, 6.45) is 0. The number of hydrogen-bond donors (Lipinski definition) is 0. The first-order chi connectivity index (χ1) is 33.3. The largest absolute Gasteiger partial charge is 0.456 e. The lowest BCUT2D eigenvalue weighted by molar-refractivity contribution is 0.669. The molecule has 0 unspecified atom stereocenters. The molecule has 11 aromatic carbocycles. The Morgan fingerprint density at radius 1 is 0.313 bits per heavy atom. The van der Waals surface area contributed by atoms with Gasteiger partial charge < -0.3 is 9.32 Å². The van der Waals surface area contributed by atoms with Crippen molar-refractivity contribution < 1.29 is 4.42 Å². The number of rotatable bonds is 8. The number of nitrogens with zero attached hydrogens (tertiary/aromatic N) is 1. The second-order valence-corrected chi connectivity index (χ2v) is 17.5. The van der Waals surface area contributed by atoms with Crippen LogP contribution in [0.5, 0.6) is 0 Å². The van der Waals surface area contributed by atoms with Crippen molar-refractivity contribution in [1.29, 1.82) is 0 Å². The van der Waals surface area contributed by atoms with Gasteiger partial charge in [0.2, 0.25) is 0 Å². The lowest BCUT2D eigenvalue weighted by Gasteiger charge is -2.35. The van der Waals surface area contributed by atoms with E-state index in [1.54, 1.807) is 0 Å². The number of furan rings is 1. The Balaban J connectivity index is 1.11. The van der Waals surface area contributed by atoms with Crippen LogP contribution in [0.2, 0.25) is 0 Å². The van der Waals surface area contributed by atoms with Crippen LogP contribution in [0.3, 0.4) is 0 Å². The first-order valence-electron chi connectivity index (χ1n) is 23.1. The molecule has 13 rings (SSSR count). The van der Waals surface area contributed by atoms with Crippen LogP contribution in [0.25, 0.3) is 77.2 Å². The zero-order valence-electron chi connectivity index (χ0n) is 36.7. The molecular formula is C65H43NO. The van der Waals surface area contributed by atoms with Gasteiger partial charge in [0.1, 0.15) is 11.2 Å². The van der Waals surface area contributed by atoms with Crippen molar-refractivity contribution in [2.75, 3.05) is 4.90 Å². The van der Waals surface area contributed by atoms with Gasteiger partial charge in [-0.15, -0.1) is 0 Å². The van der Waals surface area contributed by atoms with E-state index >= 15 is 0 Å². The van der Waals surface area contributed by atoms with Crippen molar-refractivity contribution in [2.45, 2.75) is 5.41 Å². The zero-order chi connectivity index (χ0) is 44.3. The molecule has 0 spiro atoms. The fourth-order valence-corrected chi connectivity index (χ4v) is 11.1. The molecule has 0 saturated carbocycles. The van der Waals surface area contributed by atoms with E-state index in [1.165, 1.54) is 60.8 Å². The molecule has 0 N–H and O–H groups in total. The summed E-state index contributed by atoms with van der Waals surface area (Å²) in [4.78, 5) is 2.51. The number of fused-ring (bicyclic) bond motifs is 7. The number of para-hydroxylation sites is 3. The Morgan fingerprint density at radius 3 is 1.61 bits per heavy atom. The first kappa shape index (κ1) is 38.7. The molecule has 2 heteroatoms. The molecule has 0 radical (unpaired) electrons. The summed E-state index contributed by atoms with van der Waals surface area (Å²) in [6, 6.07) is 95.3.